The van der Waals surface area contributed by atoms with Crippen LogP contribution in [-0.4, -0.2) is 50.1 Å². The Labute approximate surface area is 165 Å². The van der Waals surface area contributed by atoms with Gasteiger partial charge in [-0.1, -0.05) is 29.8 Å². The number of aryl methyl sites for hydroxylation is 1. The predicted octanol–water partition coefficient (Wildman–Crippen LogP) is 3.81. The van der Waals surface area contributed by atoms with E-state index in [9.17, 15) is 4.79 Å². The van der Waals surface area contributed by atoms with Gasteiger partial charge in [-0.2, -0.15) is 0 Å². The van der Waals surface area contributed by atoms with Gasteiger partial charge in [0.1, 0.15) is 5.75 Å². The number of piperazine rings is 1. The SMILES string of the molecule is COc1ccccc1NC(=O)[C@H](C)N1CCN(c2cc(Cl)ccc2C)CC1. The molecule has 2 aromatic carbocycles. The summed E-state index contributed by atoms with van der Waals surface area (Å²) in [5.74, 6) is 0.645. The van der Waals surface area contributed by atoms with Gasteiger partial charge in [0.05, 0.1) is 18.8 Å². The highest BCUT2D eigenvalue weighted by atomic mass is 35.5. The van der Waals surface area contributed by atoms with Crippen LogP contribution in [0, 0.1) is 6.92 Å². The second-order valence-electron chi connectivity index (χ2n) is 6.82. The van der Waals surface area contributed by atoms with E-state index in [2.05, 4.69) is 22.0 Å². The van der Waals surface area contributed by atoms with Crippen LogP contribution in [0.3, 0.4) is 0 Å². The Balaban J connectivity index is 1.60. The standard InChI is InChI=1S/C21H26ClN3O2/c1-15-8-9-17(22)14-19(15)25-12-10-24(11-13-25)16(2)21(26)23-18-6-4-5-7-20(18)27-3/h4-9,14,16H,10-13H2,1-3H3,(H,23,26)/t16-/m0/s1. The Bertz CT molecular complexity index is 804. The van der Waals surface area contributed by atoms with E-state index in [0.29, 0.717) is 11.4 Å². The van der Waals surface area contributed by atoms with Crippen molar-refractivity contribution in [1.82, 2.24) is 4.90 Å². The van der Waals surface area contributed by atoms with Crippen LogP contribution >= 0.6 is 11.6 Å². The fourth-order valence-corrected chi connectivity index (χ4v) is 3.59. The first-order valence-electron chi connectivity index (χ1n) is 9.18. The van der Waals surface area contributed by atoms with Crippen LogP contribution in [0.4, 0.5) is 11.4 Å². The average molecular weight is 388 g/mol. The maximum Gasteiger partial charge on any atom is 0.241 e. The molecule has 2 aromatic rings. The third-order valence-electron chi connectivity index (χ3n) is 5.12. The Morgan fingerprint density at radius 1 is 1.15 bits per heavy atom. The van der Waals surface area contributed by atoms with Crippen LogP contribution in [0.2, 0.25) is 5.02 Å². The summed E-state index contributed by atoms with van der Waals surface area (Å²) in [5.41, 5.74) is 3.09. The number of carbonyl (C=O) groups is 1. The van der Waals surface area contributed by atoms with Crippen molar-refractivity contribution in [3.8, 4) is 5.75 Å². The minimum atomic E-state index is -0.211. The number of rotatable bonds is 5. The number of nitrogens with one attached hydrogen (secondary N) is 1. The molecule has 0 spiro atoms. The summed E-state index contributed by atoms with van der Waals surface area (Å²) in [7, 11) is 1.60. The van der Waals surface area contributed by atoms with Crippen molar-refractivity contribution in [2.75, 3.05) is 43.5 Å². The first kappa shape index (κ1) is 19.5. The third-order valence-corrected chi connectivity index (χ3v) is 5.35. The molecule has 1 aliphatic heterocycles. The molecule has 0 radical (unpaired) electrons. The van der Waals surface area contributed by atoms with Gasteiger partial charge in [0.25, 0.3) is 0 Å². The molecule has 1 heterocycles. The molecule has 1 atom stereocenters. The van der Waals surface area contributed by atoms with Crippen molar-refractivity contribution >= 4 is 28.9 Å². The van der Waals surface area contributed by atoms with E-state index >= 15 is 0 Å². The summed E-state index contributed by atoms with van der Waals surface area (Å²) in [6, 6.07) is 13.2. The number of hydrogen-bond donors (Lipinski definition) is 1. The number of hydrogen-bond acceptors (Lipinski definition) is 4. The molecule has 1 aliphatic rings. The van der Waals surface area contributed by atoms with Crippen molar-refractivity contribution in [3.63, 3.8) is 0 Å². The van der Waals surface area contributed by atoms with Crippen molar-refractivity contribution in [2.45, 2.75) is 19.9 Å². The summed E-state index contributed by atoms with van der Waals surface area (Å²) in [6.07, 6.45) is 0. The van der Waals surface area contributed by atoms with Gasteiger partial charge >= 0.3 is 0 Å². The van der Waals surface area contributed by atoms with Gasteiger partial charge in [0.15, 0.2) is 0 Å². The second-order valence-corrected chi connectivity index (χ2v) is 7.26. The van der Waals surface area contributed by atoms with Crippen LogP contribution in [0.15, 0.2) is 42.5 Å². The zero-order chi connectivity index (χ0) is 19.4. The number of nitrogens with zero attached hydrogens (tertiary/aromatic N) is 2. The number of amides is 1. The van der Waals surface area contributed by atoms with Crippen molar-refractivity contribution in [3.05, 3.63) is 53.1 Å². The lowest BCUT2D eigenvalue weighted by molar-refractivity contribution is -0.120. The molecule has 144 valence electrons. The number of carbonyl (C=O) groups excluding carboxylic acids is 1. The molecule has 3 rings (SSSR count). The molecule has 27 heavy (non-hydrogen) atoms. The molecule has 5 nitrogen and oxygen atoms in total. The number of halogens is 1. The molecular weight excluding hydrogens is 362 g/mol. The van der Waals surface area contributed by atoms with Crippen LogP contribution < -0.4 is 15.0 Å². The molecule has 1 saturated heterocycles. The lowest BCUT2D eigenvalue weighted by atomic mass is 10.1. The van der Waals surface area contributed by atoms with Gasteiger partial charge in [0, 0.05) is 36.9 Å². The van der Waals surface area contributed by atoms with Crippen molar-refractivity contribution < 1.29 is 9.53 Å². The highest BCUT2D eigenvalue weighted by Gasteiger charge is 2.26. The Morgan fingerprint density at radius 3 is 2.56 bits per heavy atom. The highest BCUT2D eigenvalue weighted by molar-refractivity contribution is 6.30. The van der Waals surface area contributed by atoms with Crippen molar-refractivity contribution in [1.29, 1.82) is 0 Å². The second kappa shape index (κ2) is 8.63. The van der Waals surface area contributed by atoms with Gasteiger partial charge in [-0.05, 0) is 43.7 Å². The Kier molecular flexibility index (Phi) is 6.24. The summed E-state index contributed by atoms with van der Waals surface area (Å²) in [5, 5.41) is 3.73. The molecule has 0 aliphatic carbocycles. The van der Waals surface area contributed by atoms with E-state index < -0.39 is 0 Å². The minimum Gasteiger partial charge on any atom is -0.495 e. The molecular formula is C21H26ClN3O2. The van der Waals surface area contributed by atoms with E-state index in [0.717, 1.165) is 31.2 Å². The summed E-state index contributed by atoms with van der Waals surface area (Å²) in [6.45, 7) is 7.44. The van der Waals surface area contributed by atoms with E-state index in [1.165, 1.54) is 11.3 Å². The fraction of sp³-hybridized carbons (Fsp3) is 0.381. The number of benzene rings is 2. The molecule has 1 amide bonds. The quantitative estimate of drug-likeness (QED) is 0.847. The lowest BCUT2D eigenvalue weighted by Crippen LogP contribution is -2.53. The first-order valence-corrected chi connectivity index (χ1v) is 9.56. The van der Waals surface area contributed by atoms with Gasteiger partial charge in [-0.15, -0.1) is 0 Å². The summed E-state index contributed by atoms with van der Waals surface area (Å²) >= 11 is 6.16. The Morgan fingerprint density at radius 2 is 1.85 bits per heavy atom. The maximum atomic E-state index is 12.7. The highest BCUT2D eigenvalue weighted by Crippen LogP contribution is 2.26. The summed E-state index contributed by atoms with van der Waals surface area (Å²) in [4.78, 5) is 17.2. The van der Waals surface area contributed by atoms with Crippen LogP contribution in [0.25, 0.3) is 0 Å². The molecule has 0 bridgehead atoms. The minimum absolute atomic E-state index is 0.0214. The molecule has 1 fully saturated rings. The van der Waals surface area contributed by atoms with E-state index in [1.54, 1.807) is 7.11 Å². The topological polar surface area (TPSA) is 44.8 Å². The first-order chi connectivity index (χ1) is 13.0. The largest absolute Gasteiger partial charge is 0.495 e. The van der Waals surface area contributed by atoms with Gasteiger partial charge < -0.3 is 15.0 Å². The van der Waals surface area contributed by atoms with Gasteiger partial charge in [-0.25, -0.2) is 0 Å². The predicted molar refractivity (Wildman–Crippen MR) is 111 cm³/mol. The van der Waals surface area contributed by atoms with Crippen LogP contribution in [0.1, 0.15) is 12.5 Å². The average Bonchev–Trinajstić information content (AvgIpc) is 2.69. The lowest BCUT2D eigenvalue weighted by Gasteiger charge is -2.39. The summed E-state index contributed by atoms with van der Waals surface area (Å²) < 4.78 is 5.31. The third kappa shape index (κ3) is 4.54. The van der Waals surface area contributed by atoms with Crippen LogP contribution in [-0.2, 0) is 4.79 Å². The molecule has 0 unspecified atom stereocenters. The molecule has 1 N–H and O–H groups in total. The number of ether oxygens (including phenoxy) is 1. The molecule has 0 saturated carbocycles. The number of para-hydroxylation sites is 2. The van der Waals surface area contributed by atoms with Crippen LogP contribution in [0.5, 0.6) is 5.75 Å². The van der Waals surface area contributed by atoms with E-state index in [1.807, 2.05) is 49.4 Å². The fourth-order valence-electron chi connectivity index (χ4n) is 3.42. The maximum absolute atomic E-state index is 12.7. The monoisotopic (exact) mass is 387 g/mol. The molecule has 6 heteroatoms. The van der Waals surface area contributed by atoms with Crippen molar-refractivity contribution in [2.24, 2.45) is 0 Å². The number of anilines is 2. The van der Waals surface area contributed by atoms with E-state index in [4.69, 9.17) is 16.3 Å². The Hall–Kier alpha value is -2.24. The smallest absolute Gasteiger partial charge is 0.241 e. The van der Waals surface area contributed by atoms with E-state index in [-0.39, 0.29) is 11.9 Å². The number of methoxy groups -OCH3 is 1. The normalized spacial score (nSPS) is 16.1. The zero-order valence-corrected chi connectivity index (χ0v) is 16.8. The van der Waals surface area contributed by atoms with Gasteiger partial charge in [0.2, 0.25) is 5.91 Å². The zero-order valence-electron chi connectivity index (χ0n) is 16.0. The molecule has 0 aromatic heterocycles. The van der Waals surface area contributed by atoms with Gasteiger partial charge in [-0.3, -0.25) is 9.69 Å².